The molecule has 1 aromatic carbocycles. The van der Waals surface area contributed by atoms with Crippen LogP contribution in [0.3, 0.4) is 0 Å². The van der Waals surface area contributed by atoms with E-state index in [0.29, 0.717) is 6.54 Å². The van der Waals surface area contributed by atoms with Crippen molar-refractivity contribution < 1.29 is 9.90 Å². The first-order valence-corrected chi connectivity index (χ1v) is 11.2. The minimum Gasteiger partial charge on any atom is -0.391 e. The van der Waals surface area contributed by atoms with Gasteiger partial charge in [-0.25, -0.2) is 0 Å². The fraction of sp³-hybridized carbons (Fsp3) is 0.583. The lowest BCUT2D eigenvalue weighted by molar-refractivity contribution is 0.0192. The summed E-state index contributed by atoms with van der Waals surface area (Å²) in [4.78, 5) is 22.5. The predicted octanol–water partition coefficient (Wildman–Crippen LogP) is 3.73. The minimum atomic E-state index is -0.406. The smallest absolute Gasteiger partial charge is 0.254 e. The Bertz CT molecular complexity index is 920. The summed E-state index contributed by atoms with van der Waals surface area (Å²) in [6.45, 7) is 6.02. The molecule has 3 aliphatic rings. The molecule has 1 amide bonds. The number of carbonyl (C=O) groups is 1. The minimum absolute atomic E-state index is 0.0607. The number of aliphatic hydroxyl groups is 1. The number of benzene rings is 1. The first-order valence-electron chi connectivity index (χ1n) is 11.2. The largest absolute Gasteiger partial charge is 0.391 e. The van der Waals surface area contributed by atoms with Gasteiger partial charge in [-0.05, 0) is 62.4 Å². The maximum Gasteiger partial charge on any atom is 0.254 e. The van der Waals surface area contributed by atoms with E-state index >= 15 is 0 Å². The molecule has 5 heteroatoms. The molecule has 1 aliphatic carbocycles. The van der Waals surface area contributed by atoms with Crippen molar-refractivity contribution in [1.29, 1.82) is 0 Å². The second-order valence-corrected chi connectivity index (χ2v) is 9.27. The molecule has 0 radical (unpaired) electrons. The van der Waals surface area contributed by atoms with Gasteiger partial charge in [0.1, 0.15) is 0 Å². The number of pyridine rings is 1. The third kappa shape index (κ3) is 3.44. The molecule has 1 saturated carbocycles. The molecular formula is C24H31N3O2. The molecule has 0 spiro atoms. The number of hydrogen-bond acceptors (Lipinski definition) is 4. The van der Waals surface area contributed by atoms with Crippen LogP contribution in [0.25, 0.3) is 10.9 Å². The Morgan fingerprint density at radius 3 is 2.76 bits per heavy atom. The van der Waals surface area contributed by atoms with Crippen LogP contribution in [-0.2, 0) is 13.1 Å². The molecule has 5 rings (SSSR count). The Hall–Kier alpha value is -1.98. The van der Waals surface area contributed by atoms with Gasteiger partial charge >= 0.3 is 0 Å². The highest BCUT2D eigenvalue weighted by Crippen LogP contribution is 2.36. The third-order valence-corrected chi connectivity index (χ3v) is 7.27. The molecule has 3 heterocycles. The zero-order valence-electron chi connectivity index (χ0n) is 17.3. The van der Waals surface area contributed by atoms with Crippen molar-refractivity contribution in [2.45, 2.75) is 70.7 Å². The van der Waals surface area contributed by atoms with Crippen LogP contribution in [0.2, 0.25) is 0 Å². The average Bonchev–Trinajstić information content (AvgIpc) is 3.07. The van der Waals surface area contributed by atoms with E-state index < -0.39 is 6.10 Å². The van der Waals surface area contributed by atoms with E-state index in [-0.39, 0.29) is 11.9 Å². The highest BCUT2D eigenvalue weighted by Gasteiger charge is 2.38. The number of rotatable bonds is 3. The number of carbonyl (C=O) groups excluding carboxylic acids is 1. The van der Waals surface area contributed by atoms with Crippen LogP contribution >= 0.6 is 0 Å². The number of fused-ring (bicyclic) bond motifs is 3. The van der Waals surface area contributed by atoms with Crippen LogP contribution in [0, 0.1) is 5.92 Å². The topological polar surface area (TPSA) is 56.7 Å². The summed E-state index contributed by atoms with van der Waals surface area (Å²) in [5.74, 6) is 0.883. The first-order chi connectivity index (χ1) is 14.1. The third-order valence-electron chi connectivity index (χ3n) is 7.27. The standard InChI is InChI=1S/C24H31N3O2/c1-16-8-11-26(12-9-16)14-17-13-19-20(23-18(17)5-4-10-25-23)15-27(24(19)29)21-6-2-3-7-22(21)28/h4-5,10,13,16,21-22,28H,2-3,6-9,11-12,14-15H2,1H3/t21-,22-/m0/s1. The maximum atomic E-state index is 13.3. The highest BCUT2D eigenvalue weighted by molar-refractivity contribution is 6.04. The van der Waals surface area contributed by atoms with E-state index in [1.165, 1.54) is 23.8 Å². The van der Waals surface area contributed by atoms with E-state index in [9.17, 15) is 9.90 Å². The molecule has 0 unspecified atom stereocenters. The molecule has 0 bridgehead atoms. The fourth-order valence-electron chi connectivity index (χ4n) is 5.43. The van der Waals surface area contributed by atoms with Gasteiger partial charge in [0.05, 0.1) is 17.7 Å². The van der Waals surface area contributed by atoms with Crippen LogP contribution in [0.5, 0.6) is 0 Å². The van der Waals surface area contributed by atoms with Crippen molar-refractivity contribution in [1.82, 2.24) is 14.8 Å². The summed E-state index contributed by atoms with van der Waals surface area (Å²) in [5, 5.41) is 11.7. The average molecular weight is 394 g/mol. The van der Waals surface area contributed by atoms with Gasteiger partial charge < -0.3 is 10.0 Å². The Balaban J connectivity index is 1.49. The van der Waals surface area contributed by atoms with Crippen molar-refractivity contribution in [2.75, 3.05) is 13.1 Å². The van der Waals surface area contributed by atoms with E-state index in [0.717, 1.165) is 67.9 Å². The molecule has 2 aliphatic heterocycles. The molecule has 2 atom stereocenters. The Morgan fingerprint density at radius 1 is 1.17 bits per heavy atom. The van der Waals surface area contributed by atoms with Crippen molar-refractivity contribution >= 4 is 16.8 Å². The van der Waals surface area contributed by atoms with Gasteiger partial charge in [0.25, 0.3) is 5.91 Å². The van der Waals surface area contributed by atoms with Crippen LogP contribution in [0.4, 0.5) is 0 Å². The van der Waals surface area contributed by atoms with Crippen LogP contribution in [-0.4, -0.2) is 51.0 Å². The van der Waals surface area contributed by atoms with E-state index in [1.807, 2.05) is 17.2 Å². The van der Waals surface area contributed by atoms with Gasteiger partial charge in [-0.1, -0.05) is 25.8 Å². The zero-order chi connectivity index (χ0) is 20.0. The lowest BCUT2D eigenvalue weighted by atomic mass is 9.91. The molecule has 5 nitrogen and oxygen atoms in total. The molecule has 154 valence electrons. The van der Waals surface area contributed by atoms with Gasteiger partial charge in [0.15, 0.2) is 0 Å². The number of piperidine rings is 1. The lowest BCUT2D eigenvalue weighted by Gasteiger charge is -2.35. The molecule has 29 heavy (non-hydrogen) atoms. The Kier molecular flexibility index (Phi) is 5.04. The number of nitrogens with zero attached hydrogens (tertiary/aromatic N) is 3. The monoisotopic (exact) mass is 393 g/mol. The Labute approximate surface area is 172 Å². The lowest BCUT2D eigenvalue weighted by Crippen LogP contribution is -2.45. The number of likely N-dealkylation sites (tertiary alicyclic amines) is 1. The predicted molar refractivity (Wildman–Crippen MR) is 114 cm³/mol. The van der Waals surface area contributed by atoms with Gasteiger partial charge in [-0.2, -0.15) is 0 Å². The van der Waals surface area contributed by atoms with Crippen molar-refractivity contribution in [3.8, 4) is 0 Å². The molecule has 1 saturated heterocycles. The number of hydrogen-bond donors (Lipinski definition) is 1. The summed E-state index contributed by atoms with van der Waals surface area (Å²) >= 11 is 0. The van der Waals surface area contributed by atoms with E-state index in [1.54, 1.807) is 0 Å². The van der Waals surface area contributed by atoms with Gasteiger partial charge in [0, 0.05) is 35.8 Å². The molecule has 2 aromatic rings. The summed E-state index contributed by atoms with van der Waals surface area (Å²) < 4.78 is 0. The van der Waals surface area contributed by atoms with Crippen LogP contribution in [0.1, 0.15) is 66.9 Å². The maximum absolute atomic E-state index is 13.3. The van der Waals surface area contributed by atoms with Crippen molar-refractivity contribution in [3.63, 3.8) is 0 Å². The quantitative estimate of drug-likeness (QED) is 0.863. The van der Waals surface area contributed by atoms with Gasteiger partial charge in [0.2, 0.25) is 0 Å². The molecule has 1 N–H and O–H groups in total. The van der Waals surface area contributed by atoms with Crippen molar-refractivity contribution in [2.24, 2.45) is 5.92 Å². The Morgan fingerprint density at radius 2 is 1.97 bits per heavy atom. The SMILES string of the molecule is CC1CCN(Cc2cc3c(c4ncccc24)CN([C@H]2CCCC[C@@H]2O)C3=O)CC1. The fourth-order valence-corrected chi connectivity index (χ4v) is 5.43. The number of aromatic nitrogens is 1. The van der Waals surface area contributed by atoms with E-state index in [2.05, 4.69) is 24.0 Å². The normalized spacial score (nSPS) is 26.3. The molecule has 2 fully saturated rings. The summed E-state index contributed by atoms with van der Waals surface area (Å²) in [6, 6.07) is 6.20. The van der Waals surface area contributed by atoms with Gasteiger partial charge in [-0.15, -0.1) is 0 Å². The number of amides is 1. The van der Waals surface area contributed by atoms with E-state index in [4.69, 9.17) is 4.98 Å². The highest BCUT2D eigenvalue weighted by atomic mass is 16.3. The number of aliphatic hydroxyl groups excluding tert-OH is 1. The first kappa shape index (κ1) is 19.0. The summed E-state index contributed by atoms with van der Waals surface area (Å²) in [6.07, 6.45) is 7.73. The van der Waals surface area contributed by atoms with Crippen molar-refractivity contribution in [3.05, 3.63) is 41.1 Å². The molecule has 1 aromatic heterocycles. The second kappa shape index (κ2) is 7.69. The summed E-state index contributed by atoms with van der Waals surface area (Å²) in [5.41, 5.74) is 4.01. The summed E-state index contributed by atoms with van der Waals surface area (Å²) in [7, 11) is 0. The second-order valence-electron chi connectivity index (χ2n) is 9.27. The van der Waals surface area contributed by atoms with Crippen LogP contribution < -0.4 is 0 Å². The van der Waals surface area contributed by atoms with Gasteiger partial charge in [-0.3, -0.25) is 14.7 Å². The molecular weight excluding hydrogens is 362 g/mol. The zero-order valence-corrected chi connectivity index (χ0v) is 17.3. The van der Waals surface area contributed by atoms with Crippen LogP contribution in [0.15, 0.2) is 24.4 Å².